The smallest absolute Gasteiger partial charge is 0.246 e. The number of likely N-dealkylation sites (tertiary alicyclic amines) is 1. The summed E-state index contributed by atoms with van der Waals surface area (Å²) in [5.74, 6) is -0.0173. The minimum Gasteiger partial charge on any atom is -0.393 e. The monoisotopic (exact) mass is 338 g/mol. The van der Waals surface area contributed by atoms with Gasteiger partial charge >= 0.3 is 0 Å². The van der Waals surface area contributed by atoms with E-state index in [0.29, 0.717) is 12.8 Å². The summed E-state index contributed by atoms with van der Waals surface area (Å²) in [5, 5.41) is 12.9. The lowest BCUT2D eigenvalue weighted by molar-refractivity contribution is -0.122. The molecule has 1 fully saturated rings. The zero-order valence-electron chi connectivity index (χ0n) is 14.9. The van der Waals surface area contributed by atoms with Gasteiger partial charge in [-0.05, 0) is 49.4 Å². The first kappa shape index (κ1) is 17.6. The fourth-order valence-electron chi connectivity index (χ4n) is 3.38. The second kappa shape index (κ2) is 7.81. The summed E-state index contributed by atoms with van der Waals surface area (Å²) < 4.78 is 0. The third-order valence-electron chi connectivity index (χ3n) is 4.88. The first-order valence-electron chi connectivity index (χ1n) is 8.90. The summed E-state index contributed by atoms with van der Waals surface area (Å²) in [4.78, 5) is 15.3. The van der Waals surface area contributed by atoms with Crippen molar-refractivity contribution in [2.24, 2.45) is 0 Å². The van der Waals surface area contributed by atoms with Gasteiger partial charge in [0.25, 0.3) is 0 Å². The summed E-state index contributed by atoms with van der Waals surface area (Å²) in [5.41, 5.74) is 4.03. The van der Waals surface area contributed by atoms with Gasteiger partial charge in [0.2, 0.25) is 5.91 Å². The Balaban J connectivity index is 1.86. The first-order valence-corrected chi connectivity index (χ1v) is 8.90. The molecule has 132 valence electrons. The molecule has 1 heterocycles. The van der Waals surface area contributed by atoms with Crippen molar-refractivity contribution in [3.63, 3.8) is 0 Å². The minimum atomic E-state index is -0.339. The maximum atomic E-state index is 13.1. The zero-order valence-corrected chi connectivity index (χ0v) is 14.9. The van der Waals surface area contributed by atoms with Gasteiger partial charge in [-0.2, -0.15) is 0 Å². The standard InChI is InChI=1S/C21H26N2O2/c1-15-8-9-16(2)19(14-15)22-21(25)20(17-6-4-3-5-7-17)23-12-10-18(24)11-13-23/h3-9,14,18,20,24H,10-13H2,1-2H3,(H,22,25)/t20-/m0/s1. The van der Waals surface area contributed by atoms with Crippen LogP contribution in [0, 0.1) is 13.8 Å². The number of hydrogen-bond donors (Lipinski definition) is 2. The van der Waals surface area contributed by atoms with E-state index < -0.39 is 0 Å². The molecule has 0 spiro atoms. The number of carbonyl (C=O) groups excluding carboxylic acids is 1. The quantitative estimate of drug-likeness (QED) is 0.898. The molecule has 3 rings (SSSR count). The highest BCUT2D eigenvalue weighted by molar-refractivity contribution is 5.96. The third-order valence-corrected chi connectivity index (χ3v) is 4.88. The number of anilines is 1. The first-order chi connectivity index (χ1) is 12.0. The van der Waals surface area contributed by atoms with E-state index in [0.717, 1.165) is 35.5 Å². The Morgan fingerprint density at radius 1 is 1.12 bits per heavy atom. The van der Waals surface area contributed by atoms with E-state index in [1.54, 1.807) is 0 Å². The van der Waals surface area contributed by atoms with Crippen LogP contribution in [-0.4, -0.2) is 35.1 Å². The van der Waals surface area contributed by atoms with Gasteiger partial charge in [0.05, 0.1) is 6.10 Å². The van der Waals surface area contributed by atoms with Crippen LogP contribution in [0.25, 0.3) is 0 Å². The Labute approximate surface area is 149 Å². The maximum absolute atomic E-state index is 13.1. The molecule has 1 aliphatic heterocycles. The SMILES string of the molecule is Cc1ccc(C)c(NC(=O)[C@H](c2ccccc2)N2CCC(O)CC2)c1. The van der Waals surface area contributed by atoms with Gasteiger partial charge in [-0.15, -0.1) is 0 Å². The predicted molar refractivity (Wildman–Crippen MR) is 101 cm³/mol. The molecule has 2 aromatic rings. The molecular weight excluding hydrogens is 312 g/mol. The van der Waals surface area contributed by atoms with Gasteiger partial charge in [-0.25, -0.2) is 0 Å². The van der Waals surface area contributed by atoms with Crippen LogP contribution in [0.3, 0.4) is 0 Å². The lowest BCUT2D eigenvalue weighted by atomic mass is 9.99. The van der Waals surface area contributed by atoms with E-state index in [4.69, 9.17) is 0 Å². The molecular formula is C21H26N2O2. The fraction of sp³-hybridized carbons (Fsp3) is 0.381. The number of nitrogens with one attached hydrogen (secondary N) is 1. The minimum absolute atomic E-state index is 0.0173. The van der Waals surface area contributed by atoms with Crippen LogP contribution < -0.4 is 5.32 Å². The second-order valence-corrected chi connectivity index (χ2v) is 6.89. The van der Waals surface area contributed by atoms with Crippen molar-refractivity contribution in [1.29, 1.82) is 0 Å². The van der Waals surface area contributed by atoms with Crippen LogP contribution in [0.2, 0.25) is 0 Å². The van der Waals surface area contributed by atoms with Crippen molar-refractivity contribution in [2.75, 3.05) is 18.4 Å². The fourth-order valence-corrected chi connectivity index (χ4v) is 3.38. The second-order valence-electron chi connectivity index (χ2n) is 6.89. The largest absolute Gasteiger partial charge is 0.393 e. The summed E-state index contributed by atoms with van der Waals surface area (Å²) in [6, 6.07) is 15.6. The Kier molecular flexibility index (Phi) is 5.51. The van der Waals surface area contributed by atoms with E-state index in [-0.39, 0.29) is 18.1 Å². The molecule has 2 N–H and O–H groups in total. The van der Waals surface area contributed by atoms with Crippen LogP contribution in [0.15, 0.2) is 48.5 Å². The molecule has 25 heavy (non-hydrogen) atoms. The molecule has 0 aliphatic carbocycles. The van der Waals surface area contributed by atoms with Gasteiger partial charge in [0.15, 0.2) is 0 Å². The highest BCUT2D eigenvalue weighted by Gasteiger charge is 2.30. The van der Waals surface area contributed by atoms with E-state index in [1.807, 2.05) is 62.4 Å². The molecule has 0 bridgehead atoms. The van der Waals surface area contributed by atoms with Crippen LogP contribution in [-0.2, 0) is 4.79 Å². The van der Waals surface area contributed by atoms with Gasteiger partial charge in [-0.1, -0.05) is 42.5 Å². The number of piperidine rings is 1. The number of rotatable bonds is 4. The van der Waals surface area contributed by atoms with Crippen molar-refractivity contribution in [2.45, 2.75) is 38.8 Å². The molecule has 4 nitrogen and oxygen atoms in total. The van der Waals surface area contributed by atoms with E-state index in [1.165, 1.54) is 0 Å². The van der Waals surface area contributed by atoms with Gasteiger partial charge in [0.1, 0.15) is 6.04 Å². The zero-order chi connectivity index (χ0) is 17.8. The van der Waals surface area contributed by atoms with Crippen molar-refractivity contribution in [3.8, 4) is 0 Å². The molecule has 1 saturated heterocycles. The Hall–Kier alpha value is -2.17. The maximum Gasteiger partial charge on any atom is 0.246 e. The van der Waals surface area contributed by atoms with Crippen LogP contribution in [0.1, 0.15) is 35.6 Å². The number of amides is 1. The summed E-state index contributed by atoms with van der Waals surface area (Å²) in [6.45, 7) is 5.47. The lowest BCUT2D eigenvalue weighted by Gasteiger charge is -2.35. The molecule has 0 saturated carbocycles. The normalized spacial score (nSPS) is 17.2. The van der Waals surface area contributed by atoms with E-state index in [9.17, 15) is 9.90 Å². The van der Waals surface area contributed by atoms with Crippen molar-refractivity contribution in [1.82, 2.24) is 4.90 Å². The highest BCUT2D eigenvalue weighted by atomic mass is 16.3. The molecule has 1 aliphatic rings. The van der Waals surface area contributed by atoms with E-state index in [2.05, 4.69) is 10.2 Å². The Morgan fingerprint density at radius 2 is 1.80 bits per heavy atom. The summed E-state index contributed by atoms with van der Waals surface area (Å²) >= 11 is 0. The number of aliphatic hydroxyl groups excluding tert-OH is 1. The number of aryl methyl sites for hydroxylation is 2. The number of benzene rings is 2. The number of nitrogens with zero attached hydrogens (tertiary/aromatic N) is 1. The number of hydrogen-bond acceptors (Lipinski definition) is 3. The average molecular weight is 338 g/mol. The summed E-state index contributed by atoms with van der Waals surface area (Å²) in [6.07, 6.45) is 1.16. The molecule has 0 unspecified atom stereocenters. The van der Waals surface area contributed by atoms with Gasteiger partial charge in [0, 0.05) is 18.8 Å². The molecule has 2 aromatic carbocycles. The van der Waals surface area contributed by atoms with Crippen molar-refractivity contribution < 1.29 is 9.90 Å². The Bertz CT molecular complexity index is 722. The molecule has 0 radical (unpaired) electrons. The van der Waals surface area contributed by atoms with Crippen molar-refractivity contribution in [3.05, 3.63) is 65.2 Å². The predicted octanol–water partition coefficient (Wildman–Crippen LogP) is 3.44. The van der Waals surface area contributed by atoms with Crippen LogP contribution in [0.5, 0.6) is 0 Å². The van der Waals surface area contributed by atoms with E-state index >= 15 is 0 Å². The van der Waals surface area contributed by atoms with Gasteiger partial charge in [-0.3, -0.25) is 9.69 Å². The topological polar surface area (TPSA) is 52.6 Å². The molecule has 1 amide bonds. The third kappa shape index (κ3) is 4.27. The number of aliphatic hydroxyl groups is 1. The van der Waals surface area contributed by atoms with Crippen LogP contribution >= 0.6 is 0 Å². The Morgan fingerprint density at radius 3 is 2.48 bits per heavy atom. The molecule has 4 heteroatoms. The molecule has 0 aromatic heterocycles. The van der Waals surface area contributed by atoms with Crippen LogP contribution in [0.4, 0.5) is 5.69 Å². The average Bonchev–Trinajstić information content (AvgIpc) is 2.61. The highest BCUT2D eigenvalue weighted by Crippen LogP contribution is 2.27. The summed E-state index contributed by atoms with van der Waals surface area (Å²) in [7, 11) is 0. The van der Waals surface area contributed by atoms with Crippen molar-refractivity contribution >= 4 is 11.6 Å². The van der Waals surface area contributed by atoms with Gasteiger partial charge < -0.3 is 10.4 Å². The molecule has 1 atom stereocenters. The number of carbonyl (C=O) groups is 1. The lowest BCUT2D eigenvalue weighted by Crippen LogP contribution is -2.43.